The van der Waals surface area contributed by atoms with Crippen molar-refractivity contribution in [2.75, 3.05) is 46.4 Å². The van der Waals surface area contributed by atoms with Crippen molar-refractivity contribution in [2.24, 2.45) is 5.92 Å². The number of rotatable bonds is 7. The van der Waals surface area contributed by atoms with Gasteiger partial charge in [-0.15, -0.1) is 0 Å². The molecule has 0 radical (unpaired) electrons. The lowest BCUT2D eigenvalue weighted by Gasteiger charge is -2.32. The maximum Gasteiger partial charge on any atom is 0.310 e. The van der Waals surface area contributed by atoms with Gasteiger partial charge in [0, 0.05) is 32.2 Å². The van der Waals surface area contributed by atoms with E-state index in [9.17, 15) is 14.4 Å². The van der Waals surface area contributed by atoms with Crippen LogP contribution in [0.3, 0.4) is 0 Å². The van der Waals surface area contributed by atoms with Crippen molar-refractivity contribution < 1.29 is 19.1 Å². The number of piperidine rings is 1. The number of ether oxygens (including phenoxy) is 1. The van der Waals surface area contributed by atoms with Gasteiger partial charge < -0.3 is 14.5 Å². The van der Waals surface area contributed by atoms with Gasteiger partial charge in [0.2, 0.25) is 5.91 Å². The fraction of sp³-hybridized carbons (Fsp3) is 0.609. The van der Waals surface area contributed by atoms with Gasteiger partial charge in [-0.3, -0.25) is 19.3 Å². The molecule has 0 saturated carbocycles. The van der Waals surface area contributed by atoms with E-state index in [1.54, 1.807) is 24.9 Å². The number of benzene rings is 1. The molecule has 1 aromatic carbocycles. The lowest BCUT2D eigenvalue weighted by atomic mass is 9.98. The average Bonchev–Trinajstić information content (AvgIpc) is 3.26. The molecule has 2 aliphatic heterocycles. The van der Waals surface area contributed by atoms with E-state index in [0.29, 0.717) is 25.3 Å². The summed E-state index contributed by atoms with van der Waals surface area (Å²) in [7, 11) is 1.65. The van der Waals surface area contributed by atoms with Gasteiger partial charge in [-0.1, -0.05) is 12.1 Å². The van der Waals surface area contributed by atoms with Crippen LogP contribution in [-0.4, -0.2) is 78.9 Å². The zero-order valence-electron chi connectivity index (χ0n) is 18.1. The van der Waals surface area contributed by atoms with E-state index < -0.39 is 0 Å². The van der Waals surface area contributed by atoms with Gasteiger partial charge in [-0.2, -0.15) is 0 Å². The molecular formula is C23H33N3O4. The molecule has 7 nitrogen and oxygen atoms in total. The maximum absolute atomic E-state index is 12.9. The Kier molecular flexibility index (Phi) is 7.85. The lowest BCUT2D eigenvalue weighted by Crippen LogP contribution is -2.47. The Labute approximate surface area is 179 Å². The summed E-state index contributed by atoms with van der Waals surface area (Å²) in [5, 5.41) is 0. The molecule has 164 valence electrons. The molecule has 0 aromatic heterocycles. The van der Waals surface area contributed by atoms with Crippen LogP contribution in [0.25, 0.3) is 0 Å². The van der Waals surface area contributed by atoms with Crippen LogP contribution in [0, 0.1) is 5.92 Å². The van der Waals surface area contributed by atoms with Crippen LogP contribution in [0.2, 0.25) is 0 Å². The smallest absolute Gasteiger partial charge is 0.310 e. The van der Waals surface area contributed by atoms with Gasteiger partial charge in [0.1, 0.15) is 0 Å². The molecule has 2 saturated heterocycles. The van der Waals surface area contributed by atoms with Crippen LogP contribution in [-0.2, 0) is 20.9 Å². The van der Waals surface area contributed by atoms with Crippen LogP contribution in [0.5, 0.6) is 0 Å². The molecule has 2 amide bonds. The summed E-state index contributed by atoms with van der Waals surface area (Å²) in [6.45, 7) is 6.18. The monoisotopic (exact) mass is 415 g/mol. The minimum atomic E-state index is -0.272. The molecule has 2 aliphatic rings. The normalized spacial score (nSPS) is 19.5. The van der Waals surface area contributed by atoms with Crippen LogP contribution >= 0.6 is 0 Å². The largest absolute Gasteiger partial charge is 0.466 e. The number of carbonyl (C=O) groups is 3. The highest BCUT2D eigenvalue weighted by atomic mass is 16.5. The molecule has 1 unspecified atom stereocenters. The second kappa shape index (κ2) is 10.6. The molecule has 2 heterocycles. The van der Waals surface area contributed by atoms with E-state index in [2.05, 4.69) is 4.90 Å². The van der Waals surface area contributed by atoms with Crippen LogP contribution in [0.15, 0.2) is 24.3 Å². The SMILES string of the molecule is CCOC(=O)C1CCCN(C(=O)CN(C)C(=O)c2cccc(CN3CCCC3)c2)C1. The first-order valence-electron chi connectivity index (χ1n) is 11.0. The summed E-state index contributed by atoms with van der Waals surface area (Å²) < 4.78 is 5.10. The Hall–Kier alpha value is -2.41. The molecule has 3 rings (SSSR count). The zero-order chi connectivity index (χ0) is 21.5. The zero-order valence-corrected chi connectivity index (χ0v) is 18.1. The highest BCUT2D eigenvalue weighted by Crippen LogP contribution is 2.19. The van der Waals surface area contributed by atoms with Crippen LogP contribution < -0.4 is 0 Å². The summed E-state index contributed by atoms with van der Waals surface area (Å²) in [6, 6.07) is 7.68. The van der Waals surface area contributed by atoms with Gasteiger partial charge in [-0.25, -0.2) is 0 Å². The molecule has 30 heavy (non-hydrogen) atoms. The molecule has 1 atom stereocenters. The number of carbonyl (C=O) groups excluding carboxylic acids is 3. The fourth-order valence-corrected chi connectivity index (χ4v) is 4.25. The highest BCUT2D eigenvalue weighted by Gasteiger charge is 2.30. The van der Waals surface area contributed by atoms with Crippen molar-refractivity contribution >= 4 is 17.8 Å². The van der Waals surface area contributed by atoms with Crippen molar-refractivity contribution in [1.29, 1.82) is 0 Å². The summed E-state index contributed by atoms with van der Waals surface area (Å²) in [4.78, 5) is 43.2. The van der Waals surface area contributed by atoms with Crippen molar-refractivity contribution in [2.45, 2.75) is 39.2 Å². The van der Waals surface area contributed by atoms with Crippen LogP contribution in [0.1, 0.15) is 48.5 Å². The summed E-state index contributed by atoms with van der Waals surface area (Å²) >= 11 is 0. The maximum atomic E-state index is 12.9. The molecule has 0 N–H and O–H groups in total. The molecule has 0 aliphatic carbocycles. The van der Waals surface area contributed by atoms with Gasteiger partial charge in [0.05, 0.1) is 19.1 Å². The van der Waals surface area contributed by atoms with Gasteiger partial charge in [-0.05, 0) is 63.4 Å². The van der Waals surface area contributed by atoms with Gasteiger partial charge >= 0.3 is 5.97 Å². The van der Waals surface area contributed by atoms with E-state index in [4.69, 9.17) is 4.74 Å². The average molecular weight is 416 g/mol. The molecule has 1 aromatic rings. The van der Waals surface area contributed by atoms with Crippen molar-refractivity contribution in [3.63, 3.8) is 0 Å². The molecule has 7 heteroatoms. The van der Waals surface area contributed by atoms with Crippen molar-refractivity contribution in [1.82, 2.24) is 14.7 Å². The number of hydrogen-bond donors (Lipinski definition) is 0. The van der Waals surface area contributed by atoms with E-state index >= 15 is 0 Å². The topological polar surface area (TPSA) is 70.2 Å². The minimum Gasteiger partial charge on any atom is -0.466 e. The minimum absolute atomic E-state index is 0.00469. The van der Waals surface area contributed by atoms with E-state index in [-0.39, 0.29) is 30.2 Å². The molecular weight excluding hydrogens is 382 g/mol. The number of likely N-dealkylation sites (N-methyl/N-ethyl adjacent to an activating group) is 1. The van der Waals surface area contributed by atoms with E-state index in [1.165, 1.54) is 17.7 Å². The van der Waals surface area contributed by atoms with Gasteiger partial charge in [0.25, 0.3) is 5.91 Å². The van der Waals surface area contributed by atoms with Crippen molar-refractivity contribution in [3.05, 3.63) is 35.4 Å². The summed E-state index contributed by atoms with van der Waals surface area (Å²) in [6.07, 6.45) is 3.97. The Morgan fingerprint density at radius 3 is 2.63 bits per heavy atom. The third-order valence-electron chi connectivity index (χ3n) is 5.89. The predicted octanol–water partition coefficient (Wildman–Crippen LogP) is 2.16. The predicted molar refractivity (Wildman–Crippen MR) is 114 cm³/mol. The Bertz CT molecular complexity index is 761. The fourth-order valence-electron chi connectivity index (χ4n) is 4.25. The van der Waals surface area contributed by atoms with Crippen LogP contribution in [0.4, 0.5) is 0 Å². The standard InChI is InChI=1S/C23H33N3O4/c1-3-30-23(29)20-10-7-13-26(16-20)21(27)17-24(2)22(28)19-9-6-8-18(14-19)15-25-11-4-5-12-25/h6,8-9,14,20H,3-5,7,10-13,15-17H2,1-2H3. The number of esters is 1. The van der Waals surface area contributed by atoms with Crippen molar-refractivity contribution in [3.8, 4) is 0 Å². The molecule has 0 bridgehead atoms. The Balaban J connectivity index is 1.55. The van der Waals surface area contributed by atoms with Gasteiger partial charge in [0.15, 0.2) is 0 Å². The van der Waals surface area contributed by atoms with E-state index in [1.807, 2.05) is 18.2 Å². The molecule has 0 spiro atoms. The summed E-state index contributed by atoms with van der Waals surface area (Å²) in [5.74, 6) is -0.807. The number of amides is 2. The third kappa shape index (κ3) is 5.81. The number of hydrogen-bond acceptors (Lipinski definition) is 5. The first-order valence-corrected chi connectivity index (χ1v) is 11.0. The second-order valence-electron chi connectivity index (χ2n) is 8.28. The molecule has 2 fully saturated rings. The quantitative estimate of drug-likeness (QED) is 0.639. The summed E-state index contributed by atoms with van der Waals surface area (Å²) in [5.41, 5.74) is 1.72. The first-order chi connectivity index (χ1) is 14.5. The number of nitrogens with zero attached hydrogens (tertiary/aromatic N) is 3. The Morgan fingerprint density at radius 1 is 1.13 bits per heavy atom. The second-order valence-corrected chi connectivity index (χ2v) is 8.28. The first kappa shape index (κ1) is 22.3. The lowest BCUT2D eigenvalue weighted by molar-refractivity contribution is -0.151. The van der Waals surface area contributed by atoms with E-state index in [0.717, 1.165) is 38.0 Å². The third-order valence-corrected chi connectivity index (χ3v) is 5.89. The highest BCUT2D eigenvalue weighted by molar-refractivity contribution is 5.96. The Morgan fingerprint density at radius 2 is 1.90 bits per heavy atom. The number of likely N-dealkylation sites (tertiary alicyclic amines) is 2.